The smallest absolute Gasteiger partial charge is 0.255 e. The summed E-state index contributed by atoms with van der Waals surface area (Å²) in [5.74, 6) is -0.387. The van der Waals surface area contributed by atoms with Gasteiger partial charge < -0.3 is 16.4 Å². The zero-order valence-corrected chi connectivity index (χ0v) is 18.2. The molecular weight excluding hydrogens is 435 g/mol. The third-order valence-electron chi connectivity index (χ3n) is 4.68. The Hall–Kier alpha value is -2.93. The molecule has 0 aliphatic rings. The second kappa shape index (κ2) is 10.9. The number of amides is 2. The summed E-state index contributed by atoms with van der Waals surface area (Å²) >= 11 is 12.0. The number of carbonyl (C=O) groups excluding carboxylic acids is 2. The SMILES string of the molecule is NC(CC(=O)NCCc1ccc(Cl)cc1Cl)c1ccc(C(=O)Nc2ccncc2)cc1. The number of hydrogen-bond donors (Lipinski definition) is 3. The molecule has 0 saturated carbocycles. The first-order valence-electron chi connectivity index (χ1n) is 9.70. The van der Waals surface area contributed by atoms with Crippen molar-refractivity contribution < 1.29 is 9.59 Å². The Balaban J connectivity index is 1.47. The third kappa shape index (κ3) is 6.79. The lowest BCUT2D eigenvalue weighted by Crippen LogP contribution is -2.29. The van der Waals surface area contributed by atoms with Crippen LogP contribution in [-0.4, -0.2) is 23.3 Å². The van der Waals surface area contributed by atoms with E-state index < -0.39 is 6.04 Å². The number of benzene rings is 2. The summed E-state index contributed by atoms with van der Waals surface area (Å²) in [4.78, 5) is 28.4. The highest BCUT2D eigenvalue weighted by molar-refractivity contribution is 6.35. The van der Waals surface area contributed by atoms with Gasteiger partial charge in [0.15, 0.2) is 0 Å². The minimum absolute atomic E-state index is 0.136. The molecule has 0 radical (unpaired) electrons. The molecule has 0 bridgehead atoms. The molecule has 1 heterocycles. The predicted octanol–water partition coefficient (Wildman–Crippen LogP) is 4.39. The molecule has 1 aromatic heterocycles. The van der Waals surface area contributed by atoms with Gasteiger partial charge in [0.2, 0.25) is 5.91 Å². The third-order valence-corrected chi connectivity index (χ3v) is 5.26. The van der Waals surface area contributed by atoms with Crippen LogP contribution in [0.25, 0.3) is 0 Å². The van der Waals surface area contributed by atoms with Crippen LogP contribution in [0.3, 0.4) is 0 Å². The number of anilines is 1. The highest BCUT2D eigenvalue weighted by atomic mass is 35.5. The maximum absolute atomic E-state index is 12.3. The molecule has 0 saturated heterocycles. The van der Waals surface area contributed by atoms with E-state index in [1.807, 2.05) is 6.07 Å². The number of hydrogen-bond acceptors (Lipinski definition) is 4. The highest BCUT2D eigenvalue weighted by Gasteiger charge is 2.13. The molecule has 4 N–H and O–H groups in total. The normalized spacial score (nSPS) is 11.6. The zero-order chi connectivity index (χ0) is 22.2. The van der Waals surface area contributed by atoms with E-state index in [1.165, 1.54) is 0 Å². The van der Waals surface area contributed by atoms with Crippen LogP contribution in [0.2, 0.25) is 10.0 Å². The standard InChI is InChI=1S/C23H22Cl2N4O2/c24-18-6-5-15(20(25)13-18)7-12-28-22(30)14-21(26)16-1-3-17(4-2-16)23(31)29-19-8-10-27-11-9-19/h1-6,8-11,13,21H,7,12,14,26H2,(H,28,30)(H,27,29,31). The van der Waals surface area contributed by atoms with Gasteiger partial charge in [-0.25, -0.2) is 0 Å². The number of nitrogens with two attached hydrogens (primary N) is 1. The number of nitrogens with zero attached hydrogens (tertiary/aromatic N) is 1. The number of halogens is 2. The van der Waals surface area contributed by atoms with Crippen LogP contribution in [0.15, 0.2) is 67.0 Å². The Morgan fingerprint density at radius 2 is 1.71 bits per heavy atom. The van der Waals surface area contributed by atoms with Gasteiger partial charge in [-0.15, -0.1) is 0 Å². The van der Waals surface area contributed by atoms with E-state index in [0.717, 1.165) is 11.1 Å². The van der Waals surface area contributed by atoms with E-state index in [1.54, 1.807) is 60.9 Å². The number of rotatable bonds is 8. The Kier molecular flexibility index (Phi) is 8.00. The first kappa shape index (κ1) is 22.7. The molecule has 0 spiro atoms. The van der Waals surface area contributed by atoms with Crippen molar-refractivity contribution in [3.63, 3.8) is 0 Å². The number of nitrogens with one attached hydrogen (secondary N) is 2. The minimum atomic E-state index is -0.476. The first-order chi connectivity index (χ1) is 14.9. The topological polar surface area (TPSA) is 97.1 Å². The van der Waals surface area contributed by atoms with E-state index in [-0.39, 0.29) is 18.2 Å². The summed E-state index contributed by atoms with van der Waals surface area (Å²) in [6, 6.07) is 15.1. The number of carbonyl (C=O) groups is 2. The van der Waals surface area contributed by atoms with Crippen LogP contribution < -0.4 is 16.4 Å². The molecule has 31 heavy (non-hydrogen) atoms. The van der Waals surface area contributed by atoms with E-state index in [4.69, 9.17) is 28.9 Å². The van der Waals surface area contributed by atoms with Gasteiger partial charge >= 0.3 is 0 Å². The van der Waals surface area contributed by atoms with Gasteiger partial charge in [0.1, 0.15) is 0 Å². The van der Waals surface area contributed by atoms with Crippen molar-refractivity contribution in [1.82, 2.24) is 10.3 Å². The van der Waals surface area contributed by atoms with Crippen LogP contribution in [0, 0.1) is 0 Å². The Labute approximate surface area is 190 Å². The molecule has 0 fully saturated rings. The number of aromatic nitrogens is 1. The second-order valence-corrected chi connectivity index (χ2v) is 7.80. The van der Waals surface area contributed by atoms with Gasteiger partial charge in [0.05, 0.1) is 0 Å². The second-order valence-electron chi connectivity index (χ2n) is 6.96. The molecule has 1 unspecified atom stereocenters. The number of pyridine rings is 1. The lowest BCUT2D eigenvalue weighted by molar-refractivity contribution is -0.121. The van der Waals surface area contributed by atoms with Crippen molar-refractivity contribution in [2.24, 2.45) is 5.73 Å². The van der Waals surface area contributed by atoms with Gasteiger partial charge in [0, 0.05) is 52.7 Å². The van der Waals surface area contributed by atoms with E-state index in [9.17, 15) is 9.59 Å². The summed E-state index contributed by atoms with van der Waals surface area (Å²) in [6.45, 7) is 0.445. The molecular formula is C23H22Cl2N4O2. The van der Waals surface area contributed by atoms with Crippen molar-refractivity contribution in [1.29, 1.82) is 0 Å². The quantitative estimate of drug-likeness (QED) is 0.468. The monoisotopic (exact) mass is 456 g/mol. The average molecular weight is 457 g/mol. The Morgan fingerprint density at radius 3 is 2.39 bits per heavy atom. The van der Waals surface area contributed by atoms with Crippen molar-refractivity contribution in [3.8, 4) is 0 Å². The van der Waals surface area contributed by atoms with Crippen molar-refractivity contribution >= 4 is 40.7 Å². The summed E-state index contributed by atoms with van der Waals surface area (Å²) in [6.07, 6.45) is 3.94. The molecule has 160 valence electrons. The molecule has 8 heteroatoms. The van der Waals surface area contributed by atoms with Gasteiger partial charge in [-0.1, -0.05) is 41.4 Å². The summed E-state index contributed by atoms with van der Waals surface area (Å²) in [5, 5.41) is 6.79. The van der Waals surface area contributed by atoms with Crippen LogP contribution in [0.4, 0.5) is 5.69 Å². The molecule has 0 aliphatic carbocycles. The maximum atomic E-state index is 12.3. The van der Waals surface area contributed by atoms with Crippen LogP contribution in [0.5, 0.6) is 0 Å². The fourth-order valence-corrected chi connectivity index (χ4v) is 3.47. The fraction of sp³-hybridized carbons (Fsp3) is 0.174. The summed E-state index contributed by atoms with van der Waals surface area (Å²) < 4.78 is 0. The predicted molar refractivity (Wildman–Crippen MR) is 123 cm³/mol. The Bertz CT molecular complexity index is 1040. The maximum Gasteiger partial charge on any atom is 0.255 e. The molecule has 0 aliphatic heterocycles. The van der Waals surface area contributed by atoms with Crippen molar-refractivity contribution in [2.45, 2.75) is 18.9 Å². The fourth-order valence-electron chi connectivity index (χ4n) is 2.97. The minimum Gasteiger partial charge on any atom is -0.356 e. The molecule has 2 aromatic carbocycles. The van der Waals surface area contributed by atoms with Crippen molar-refractivity contribution in [2.75, 3.05) is 11.9 Å². The van der Waals surface area contributed by atoms with Gasteiger partial charge in [-0.3, -0.25) is 14.6 Å². The first-order valence-corrected chi connectivity index (χ1v) is 10.5. The van der Waals surface area contributed by atoms with Crippen LogP contribution in [0.1, 0.15) is 33.9 Å². The molecule has 6 nitrogen and oxygen atoms in total. The van der Waals surface area contributed by atoms with Gasteiger partial charge in [0.25, 0.3) is 5.91 Å². The summed E-state index contributed by atoms with van der Waals surface area (Å²) in [7, 11) is 0. The van der Waals surface area contributed by atoms with Gasteiger partial charge in [-0.2, -0.15) is 0 Å². The van der Waals surface area contributed by atoms with E-state index in [2.05, 4.69) is 15.6 Å². The zero-order valence-electron chi connectivity index (χ0n) is 16.6. The average Bonchev–Trinajstić information content (AvgIpc) is 2.76. The largest absolute Gasteiger partial charge is 0.356 e. The lowest BCUT2D eigenvalue weighted by atomic mass is 10.0. The van der Waals surface area contributed by atoms with E-state index in [0.29, 0.717) is 34.3 Å². The van der Waals surface area contributed by atoms with Crippen molar-refractivity contribution in [3.05, 3.63) is 93.7 Å². The molecule has 2 amide bonds. The van der Waals surface area contributed by atoms with Gasteiger partial charge in [-0.05, 0) is 53.9 Å². The van der Waals surface area contributed by atoms with Crippen LogP contribution >= 0.6 is 23.2 Å². The molecule has 3 rings (SSSR count). The highest BCUT2D eigenvalue weighted by Crippen LogP contribution is 2.21. The molecule has 1 atom stereocenters. The van der Waals surface area contributed by atoms with E-state index >= 15 is 0 Å². The molecule has 3 aromatic rings. The lowest BCUT2D eigenvalue weighted by Gasteiger charge is -2.13. The van der Waals surface area contributed by atoms with Crippen LogP contribution in [-0.2, 0) is 11.2 Å². The summed E-state index contributed by atoms with van der Waals surface area (Å²) in [5.41, 5.74) is 9.01. The Morgan fingerprint density at radius 1 is 1.00 bits per heavy atom.